The quantitative estimate of drug-likeness (QED) is 0.496. The molecule has 0 unspecified atom stereocenters. The molecule has 0 saturated heterocycles. The first-order valence-electron chi connectivity index (χ1n) is 10.1. The van der Waals surface area contributed by atoms with E-state index >= 15 is 0 Å². The minimum absolute atomic E-state index is 0.0632. The van der Waals surface area contributed by atoms with Crippen molar-refractivity contribution in [2.75, 3.05) is 45.8 Å². The fourth-order valence-electron chi connectivity index (χ4n) is 3.44. The Kier molecular flexibility index (Phi) is 7.64. The third kappa shape index (κ3) is 4.88. The van der Waals surface area contributed by atoms with Crippen molar-refractivity contribution in [2.45, 2.75) is 20.3 Å². The van der Waals surface area contributed by atoms with Crippen LogP contribution in [0, 0.1) is 6.92 Å². The minimum Gasteiger partial charge on any atom is -0.493 e. The molecule has 1 amide bonds. The van der Waals surface area contributed by atoms with Crippen LogP contribution >= 0.6 is 11.3 Å². The molecule has 2 heterocycles. The first-order valence-corrected chi connectivity index (χ1v) is 10.9. The predicted octanol–water partition coefficient (Wildman–Crippen LogP) is 3.13. The van der Waals surface area contributed by atoms with E-state index in [2.05, 4.69) is 15.3 Å². The van der Waals surface area contributed by atoms with E-state index in [0.717, 1.165) is 27.8 Å². The fraction of sp³-hybridized carbons (Fsp3) is 0.409. The number of thiophene rings is 1. The number of likely N-dealkylation sites (N-methyl/N-ethyl adjacent to an activating group) is 1. The molecule has 0 spiro atoms. The summed E-state index contributed by atoms with van der Waals surface area (Å²) in [5, 5.41) is 13.5. The molecule has 0 bridgehead atoms. The second-order valence-corrected chi connectivity index (χ2v) is 7.93. The first-order chi connectivity index (χ1) is 15.0. The van der Waals surface area contributed by atoms with Gasteiger partial charge in [0.15, 0.2) is 11.5 Å². The van der Waals surface area contributed by atoms with E-state index in [4.69, 9.17) is 9.47 Å². The number of fused-ring (bicyclic) bond motifs is 1. The standard InChI is InChI=1S/C22H28N4O4S/c1-5-26(10-11-27)22(28)19-14(2)18-20(24-13-25-21(18)31-19)23-9-8-15-6-7-16(29-3)17(12-15)30-4/h6-7,12-13,27H,5,8-11H2,1-4H3,(H,23,24,25). The Morgan fingerprint density at radius 2 is 2.00 bits per heavy atom. The average molecular weight is 445 g/mol. The number of aromatic nitrogens is 2. The zero-order chi connectivity index (χ0) is 22.4. The van der Waals surface area contributed by atoms with Crippen LogP contribution in [0.1, 0.15) is 27.7 Å². The number of nitrogens with one attached hydrogen (secondary N) is 1. The van der Waals surface area contributed by atoms with Gasteiger partial charge < -0.3 is 24.8 Å². The number of ether oxygens (including phenoxy) is 2. The van der Waals surface area contributed by atoms with Crippen LogP contribution in [0.15, 0.2) is 24.5 Å². The summed E-state index contributed by atoms with van der Waals surface area (Å²) in [5.74, 6) is 2.02. The van der Waals surface area contributed by atoms with Gasteiger partial charge in [0.25, 0.3) is 5.91 Å². The molecule has 3 rings (SSSR count). The number of aliphatic hydroxyl groups excluding tert-OH is 1. The van der Waals surface area contributed by atoms with Crippen LogP contribution in [0.5, 0.6) is 11.5 Å². The van der Waals surface area contributed by atoms with E-state index in [1.165, 1.54) is 17.7 Å². The molecule has 0 fully saturated rings. The maximum atomic E-state index is 12.9. The normalized spacial score (nSPS) is 10.9. The van der Waals surface area contributed by atoms with E-state index in [1.807, 2.05) is 32.0 Å². The van der Waals surface area contributed by atoms with Crippen LogP contribution in [-0.2, 0) is 6.42 Å². The molecule has 3 aromatic rings. The SMILES string of the molecule is CCN(CCO)C(=O)c1sc2ncnc(NCCc3ccc(OC)c(OC)c3)c2c1C. The summed E-state index contributed by atoms with van der Waals surface area (Å²) in [6.45, 7) is 5.26. The number of hydrogen-bond donors (Lipinski definition) is 2. The van der Waals surface area contributed by atoms with E-state index < -0.39 is 0 Å². The molecule has 166 valence electrons. The van der Waals surface area contributed by atoms with Crippen molar-refractivity contribution in [3.63, 3.8) is 0 Å². The van der Waals surface area contributed by atoms with Crippen molar-refractivity contribution in [2.24, 2.45) is 0 Å². The summed E-state index contributed by atoms with van der Waals surface area (Å²) in [6, 6.07) is 5.86. The van der Waals surface area contributed by atoms with E-state index in [-0.39, 0.29) is 12.5 Å². The zero-order valence-electron chi connectivity index (χ0n) is 18.3. The van der Waals surface area contributed by atoms with Crippen molar-refractivity contribution in [3.05, 3.63) is 40.5 Å². The number of methoxy groups -OCH3 is 2. The van der Waals surface area contributed by atoms with Gasteiger partial charge in [-0.15, -0.1) is 11.3 Å². The summed E-state index contributed by atoms with van der Waals surface area (Å²) in [7, 11) is 3.24. The lowest BCUT2D eigenvalue weighted by molar-refractivity contribution is 0.0736. The highest BCUT2D eigenvalue weighted by molar-refractivity contribution is 7.20. The molecular weight excluding hydrogens is 416 g/mol. The maximum absolute atomic E-state index is 12.9. The second kappa shape index (κ2) is 10.4. The molecule has 8 nitrogen and oxygen atoms in total. The maximum Gasteiger partial charge on any atom is 0.264 e. The van der Waals surface area contributed by atoms with Crippen LogP contribution in [-0.4, -0.2) is 66.3 Å². The summed E-state index contributed by atoms with van der Waals surface area (Å²) in [4.78, 5) is 24.7. The fourth-order valence-corrected chi connectivity index (χ4v) is 4.56. The highest BCUT2D eigenvalue weighted by Gasteiger charge is 2.22. The summed E-state index contributed by atoms with van der Waals surface area (Å²) < 4.78 is 10.7. The van der Waals surface area contributed by atoms with E-state index in [1.54, 1.807) is 19.1 Å². The van der Waals surface area contributed by atoms with Crippen molar-refractivity contribution in [1.82, 2.24) is 14.9 Å². The highest BCUT2D eigenvalue weighted by Crippen LogP contribution is 2.34. The largest absolute Gasteiger partial charge is 0.493 e. The van der Waals surface area contributed by atoms with Crippen LogP contribution < -0.4 is 14.8 Å². The monoisotopic (exact) mass is 444 g/mol. The third-order valence-electron chi connectivity index (χ3n) is 5.11. The van der Waals surface area contributed by atoms with Crippen LogP contribution in [0.4, 0.5) is 5.82 Å². The zero-order valence-corrected chi connectivity index (χ0v) is 19.1. The molecule has 31 heavy (non-hydrogen) atoms. The number of benzene rings is 1. The molecule has 0 aliphatic rings. The lowest BCUT2D eigenvalue weighted by Gasteiger charge is -2.19. The first kappa shape index (κ1) is 22.8. The Bertz CT molecular complexity index is 1050. The van der Waals surface area contributed by atoms with Gasteiger partial charge in [0.2, 0.25) is 0 Å². The van der Waals surface area contributed by atoms with Crippen LogP contribution in [0.3, 0.4) is 0 Å². The third-order valence-corrected chi connectivity index (χ3v) is 6.30. The van der Waals surface area contributed by atoms with Gasteiger partial charge in [-0.2, -0.15) is 0 Å². The lowest BCUT2D eigenvalue weighted by atomic mass is 10.1. The number of carbonyl (C=O) groups is 1. The topological polar surface area (TPSA) is 96.8 Å². The van der Waals surface area contributed by atoms with E-state index in [0.29, 0.717) is 41.8 Å². The molecule has 0 radical (unpaired) electrons. The van der Waals surface area contributed by atoms with Crippen molar-refractivity contribution in [1.29, 1.82) is 0 Å². The summed E-state index contributed by atoms with van der Waals surface area (Å²) in [6.07, 6.45) is 2.28. The molecule has 2 N–H and O–H groups in total. The number of aryl methyl sites for hydroxylation is 1. The highest BCUT2D eigenvalue weighted by atomic mass is 32.1. The molecular formula is C22H28N4O4S. The Morgan fingerprint density at radius 1 is 1.23 bits per heavy atom. The summed E-state index contributed by atoms with van der Waals surface area (Å²) >= 11 is 1.36. The molecule has 0 saturated carbocycles. The number of nitrogens with zero attached hydrogens (tertiary/aromatic N) is 3. The smallest absolute Gasteiger partial charge is 0.264 e. The number of aliphatic hydroxyl groups is 1. The van der Waals surface area contributed by atoms with Gasteiger partial charge in [-0.25, -0.2) is 9.97 Å². The number of rotatable bonds is 10. The molecule has 0 atom stereocenters. The number of amides is 1. The van der Waals surface area contributed by atoms with Gasteiger partial charge in [0.05, 0.1) is 31.1 Å². The van der Waals surface area contributed by atoms with Gasteiger partial charge >= 0.3 is 0 Å². The Morgan fingerprint density at radius 3 is 2.68 bits per heavy atom. The van der Waals surface area contributed by atoms with Crippen molar-refractivity contribution < 1.29 is 19.4 Å². The van der Waals surface area contributed by atoms with Crippen molar-refractivity contribution >= 4 is 33.3 Å². The Hall–Kier alpha value is -2.91. The van der Waals surface area contributed by atoms with Crippen LogP contribution in [0.2, 0.25) is 0 Å². The molecule has 1 aromatic carbocycles. The number of anilines is 1. The van der Waals surface area contributed by atoms with Crippen molar-refractivity contribution in [3.8, 4) is 11.5 Å². The van der Waals surface area contributed by atoms with Crippen LogP contribution in [0.25, 0.3) is 10.2 Å². The molecule has 0 aliphatic heterocycles. The Balaban J connectivity index is 1.79. The van der Waals surface area contributed by atoms with Gasteiger partial charge in [0.1, 0.15) is 17.0 Å². The van der Waals surface area contributed by atoms with Gasteiger partial charge in [-0.1, -0.05) is 6.07 Å². The Labute approximate surface area is 185 Å². The summed E-state index contributed by atoms with van der Waals surface area (Å²) in [5.41, 5.74) is 1.96. The second-order valence-electron chi connectivity index (χ2n) is 6.93. The minimum atomic E-state index is -0.0895. The molecule has 0 aliphatic carbocycles. The molecule has 9 heteroatoms. The number of carbonyl (C=O) groups excluding carboxylic acids is 1. The lowest BCUT2D eigenvalue weighted by Crippen LogP contribution is -2.33. The van der Waals surface area contributed by atoms with Gasteiger partial charge in [0, 0.05) is 19.6 Å². The van der Waals surface area contributed by atoms with E-state index in [9.17, 15) is 9.90 Å². The molecule has 2 aromatic heterocycles. The van der Waals surface area contributed by atoms with Gasteiger partial charge in [-0.3, -0.25) is 4.79 Å². The number of hydrogen-bond acceptors (Lipinski definition) is 8. The van der Waals surface area contributed by atoms with Gasteiger partial charge in [-0.05, 0) is 43.5 Å². The predicted molar refractivity (Wildman–Crippen MR) is 123 cm³/mol. The average Bonchev–Trinajstić information content (AvgIpc) is 3.14.